The summed E-state index contributed by atoms with van der Waals surface area (Å²) < 4.78 is 32.0. The molecule has 0 radical (unpaired) electrons. The van der Waals surface area contributed by atoms with Crippen molar-refractivity contribution in [2.24, 2.45) is 0 Å². The third-order valence-corrected chi connectivity index (χ3v) is 5.06. The minimum Gasteiger partial charge on any atom is -0.380 e. The van der Waals surface area contributed by atoms with Crippen LogP contribution in [0.4, 0.5) is 0 Å². The summed E-state index contributed by atoms with van der Waals surface area (Å²) in [6.45, 7) is 5.02. The van der Waals surface area contributed by atoms with E-state index in [-0.39, 0.29) is 17.5 Å². The summed E-state index contributed by atoms with van der Waals surface area (Å²) in [6.07, 6.45) is 1.96. The molecule has 0 fully saturated rings. The number of sulfone groups is 1. The number of ether oxygens (including phenoxy) is 1. The Balaban J connectivity index is 2.10. The minimum absolute atomic E-state index is 0.0120. The lowest BCUT2D eigenvalue weighted by Gasteiger charge is -2.09. The van der Waals surface area contributed by atoms with E-state index in [0.717, 1.165) is 18.4 Å². The highest BCUT2D eigenvalue weighted by Crippen LogP contribution is 2.13. The van der Waals surface area contributed by atoms with E-state index < -0.39 is 9.84 Å². The van der Waals surface area contributed by atoms with Crippen molar-refractivity contribution in [1.29, 1.82) is 0 Å². The van der Waals surface area contributed by atoms with Gasteiger partial charge in [0.15, 0.2) is 0 Å². The number of aromatic nitrogens is 3. The van der Waals surface area contributed by atoms with Gasteiger partial charge in [0.1, 0.15) is 5.82 Å². The zero-order chi connectivity index (χ0) is 16.7. The fourth-order valence-corrected chi connectivity index (χ4v) is 3.37. The van der Waals surface area contributed by atoms with E-state index in [1.54, 1.807) is 11.5 Å². The van der Waals surface area contributed by atoms with Crippen LogP contribution < -0.4 is 0 Å². The standard InChI is InChI=1S/C16H23N3O3S/c1-3-4-10-22-11-12-23(20,21)16-18-17-14(2)19(16)13-15-8-6-5-7-9-15/h5-9H,3-4,10-13H2,1-2H3. The van der Waals surface area contributed by atoms with Gasteiger partial charge in [0.05, 0.1) is 18.9 Å². The van der Waals surface area contributed by atoms with Crippen LogP contribution in [-0.2, 0) is 21.1 Å². The highest BCUT2D eigenvalue weighted by atomic mass is 32.2. The van der Waals surface area contributed by atoms with E-state index >= 15 is 0 Å². The average molecular weight is 337 g/mol. The molecule has 0 aliphatic heterocycles. The first-order chi connectivity index (χ1) is 11.0. The van der Waals surface area contributed by atoms with Gasteiger partial charge in [-0.05, 0) is 18.9 Å². The van der Waals surface area contributed by atoms with Crippen molar-refractivity contribution in [3.63, 3.8) is 0 Å². The van der Waals surface area contributed by atoms with E-state index in [2.05, 4.69) is 17.1 Å². The van der Waals surface area contributed by atoms with Gasteiger partial charge in [-0.2, -0.15) is 0 Å². The van der Waals surface area contributed by atoms with Gasteiger partial charge in [0.25, 0.3) is 0 Å². The SMILES string of the molecule is CCCCOCCS(=O)(=O)c1nnc(C)n1Cc1ccccc1. The molecule has 0 aliphatic rings. The lowest BCUT2D eigenvalue weighted by atomic mass is 10.2. The van der Waals surface area contributed by atoms with Crippen molar-refractivity contribution < 1.29 is 13.2 Å². The molecule has 0 saturated heterocycles. The second-order valence-corrected chi connectivity index (χ2v) is 7.39. The Labute approximate surface area is 137 Å². The van der Waals surface area contributed by atoms with Crippen LogP contribution in [0.3, 0.4) is 0 Å². The van der Waals surface area contributed by atoms with Gasteiger partial charge >= 0.3 is 0 Å². The van der Waals surface area contributed by atoms with Gasteiger partial charge in [-0.3, -0.25) is 4.57 Å². The zero-order valence-corrected chi connectivity index (χ0v) is 14.4. The van der Waals surface area contributed by atoms with Crippen LogP contribution in [0.15, 0.2) is 35.5 Å². The predicted molar refractivity (Wildman–Crippen MR) is 88.1 cm³/mol. The molecule has 0 bridgehead atoms. The summed E-state index contributed by atoms with van der Waals surface area (Å²) in [4.78, 5) is 0. The van der Waals surface area contributed by atoms with Gasteiger partial charge < -0.3 is 4.74 Å². The molecule has 1 heterocycles. The Morgan fingerprint density at radius 3 is 2.57 bits per heavy atom. The maximum Gasteiger partial charge on any atom is 0.250 e. The largest absolute Gasteiger partial charge is 0.380 e. The molecule has 0 N–H and O–H groups in total. The lowest BCUT2D eigenvalue weighted by Crippen LogP contribution is -2.18. The fraction of sp³-hybridized carbons (Fsp3) is 0.500. The van der Waals surface area contributed by atoms with E-state index in [4.69, 9.17) is 4.74 Å². The van der Waals surface area contributed by atoms with Gasteiger partial charge in [0.2, 0.25) is 15.0 Å². The smallest absolute Gasteiger partial charge is 0.250 e. The van der Waals surface area contributed by atoms with Crippen LogP contribution in [0.1, 0.15) is 31.2 Å². The number of unbranched alkanes of at least 4 members (excludes halogenated alkanes) is 1. The van der Waals surface area contributed by atoms with E-state index in [1.165, 1.54) is 0 Å². The van der Waals surface area contributed by atoms with Crippen LogP contribution >= 0.6 is 0 Å². The molecule has 1 aromatic heterocycles. The molecule has 6 nitrogen and oxygen atoms in total. The molecule has 126 valence electrons. The summed E-state index contributed by atoms with van der Waals surface area (Å²) in [7, 11) is -3.51. The molecule has 2 aromatic rings. The number of rotatable bonds is 9. The maximum atomic E-state index is 12.5. The van der Waals surface area contributed by atoms with Crippen molar-refractivity contribution in [2.75, 3.05) is 19.0 Å². The lowest BCUT2D eigenvalue weighted by molar-refractivity contribution is 0.145. The Morgan fingerprint density at radius 1 is 1.13 bits per heavy atom. The molecule has 0 aliphatic carbocycles. The molecule has 23 heavy (non-hydrogen) atoms. The Bertz CT molecular complexity index is 711. The Hall–Kier alpha value is -1.73. The number of hydrogen-bond donors (Lipinski definition) is 0. The topological polar surface area (TPSA) is 74.1 Å². The minimum atomic E-state index is -3.51. The fourth-order valence-electron chi connectivity index (χ4n) is 2.15. The highest BCUT2D eigenvalue weighted by molar-refractivity contribution is 7.91. The Morgan fingerprint density at radius 2 is 1.87 bits per heavy atom. The normalized spacial score (nSPS) is 11.7. The zero-order valence-electron chi connectivity index (χ0n) is 13.6. The van der Waals surface area contributed by atoms with Crippen molar-refractivity contribution in [3.05, 3.63) is 41.7 Å². The van der Waals surface area contributed by atoms with Crippen LogP contribution in [0.25, 0.3) is 0 Å². The van der Waals surface area contributed by atoms with Gasteiger partial charge in [-0.1, -0.05) is 43.7 Å². The summed E-state index contributed by atoms with van der Waals surface area (Å²) >= 11 is 0. The molecule has 0 spiro atoms. The molecule has 7 heteroatoms. The third kappa shape index (κ3) is 4.87. The molecule has 0 amide bonds. The van der Waals surface area contributed by atoms with E-state index in [0.29, 0.717) is 19.0 Å². The third-order valence-electron chi connectivity index (χ3n) is 3.50. The van der Waals surface area contributed by atoms with Crippen LogP contribution in [-0.4, -0.2) is 42.1 Å². The van der Waals surface area contributed by atoms with Crippen molar-refractivity contribution >= 4 is 9.84 Å². The average Bonchev–Trinajstić information content (AvgIpc) is 2.90. The number of aryl methyl sites for hydroxylation is 1. The number of benzene rings is 1. The van der Waals surface area contributed by atoms with Crippen molar-refractivity contribution in [3.8, 4) is 0 Å². The Kier molecular flexibility index (Phi) is 6.29. The van der Waals surface area contributed by atoms with Gasteiger partial charge in [0, 0.05) is 6.61 Å². The highest BCUT2D eigenvalue weighted by Gasteiger charge is 2.23. The molecule has 1 aromatic carbocycles. The van der Waals surface area contributed by atoms with Crippen LogP contribution in [0.2, 0.25) is 0 Å². The summed E-state index contributed by atoms with van der Waals surface area (Å²) in [5.41, 5.74) is 1.01. The van der Waals surface area contributed by atoms with Crippen LogP contribution in [0.5, 0.6) is 0 Å². The first-order valence-corrected chi connectivity index (χ1v) is 9.44. The number of nitrogens with zero attached hydrogens (tertiary/aromatic N) is 3. The second-order valence-electron chi connectivity index (χ2n) is 5.39. The summed E-state index contributed by atoms with van der Waals surface area (Å²) in [6, 6.07) is 9.66. The second kappa shape index (κ2) is 8.21. The molecule has 0 atom stereocenters. The predicted octanol–water partition coefficient (Wildman–Crippen LogP) is 2.23. The summed E-state index contributed by atoms with van der Waals surface area (Å²) in [5.74, 6) is 0.503. The van der Waals surface area contributed by atoms with E-state index in [9.17, 15) is 8.42 Å². The molecular weight excluding hydrogens is 314 g/mol. The quantitative estimate of drug-likeness (QED) is 0.656. The number of hydrogen-bond acceptors (Lipinski definition) is 5. The first-order valence-electron chi connectivity index (χ1n) is 7.79. The first kappa shape index (κ1) is 17.6. The van der Waals surface area contributed by atoms with Crippen molar-refractivity contribution in [2.45, 2.75) is 38.4 Å². The maximum absolute atomic E-state index is 12.5. The molecule has 0 saturated carbocycles. The van der Waals surface area contributed by atoms with Gasteiger partial charge in [-0.15, -0.1) is 10.2 Å². The monoisotopic (exact) mass is 337 g/mol. The van der Waals surface area contributed by atoms with Crippen molar-refractivity contribution in [1.82, 2.24) is 14.8 Å². The van der Waals surface area contributed by atoms with E-state index in [1.807, 2.05) is 30.3 Å². The molecule has 2 rings (SSSR count). The molecular formula is C16H23N3O3S. The molecule has 0 unspecified atom stereocenters. The van der Waals surface area contributed by atoms with Gasteiger partial charge in [-0.25, -0.2) is 8.42 Å². The van der Waals surface area contributed by atoms with Crippen LogP contribution in [0, 0.1) is 6.92 Å². The summed E-state index contributed by atoms with van der Waals surface area (Å²) in [5, 5.41) is 7.81.